The van der Waals surface area contributed by atoms with E-state index in [-0.39, 0.29) is 65.2 Å². The van der Waals surface area contributed by atoms with Crippen LogP contribution in [0.5, 0.6) is 0 Å². The zero-order valence-corrected chi connectivity index (χ0v) is 31.5. The van der Waals surface area contributed by atoms with Gasteiger partial charge in [0.25, 0.3) is 0 Å². The maximum absolute atomic E-state index is 13.0. The van der Waals surface area contributed by atoms with E-state index in [2.05, 4.69) is 66.2 Å². The first-order chi connectivity index (χ1) is 20.4. The van der Waals surface area contributed by atoms with E-state index >= 15 is 0 Å². The van der Waals surface area contributed by atoms with Gasteiger partial charge >= 0.3 is 5.97 Å². The molecule has 13 atom stereocenters. The van der Waals surface area contributed by atoms with E-state index in [4.69, 9.17) is 32.8 Å². The molecular weight excluding hydrogens is 593 g/mol. The molecule has 0 radical (unpaired) electrons. The van der Waals surface area contributed by atoms with Crippen molar-refractivity contribution in [2.45, 2.75) is 121 Å². The molecule has 1 aliphatic heterocycles. The molecule has 0 bridgehead atoms. The Balaban J connectivity index is 1.79. The van der Waals surface area contributed by atoms with Gasteiger partial charge in [-0.3, -0.25) is 4.79 Å². The number of hydrogen-bond donors (Lipinski definition) is 0. The summed E-state index contributed by atoms with van der Waals surface area (Å²) in [5.74, 6) is 0.860. The predicted molar refractivity (Wildman–Crippen MR) is 177 cm³/mol. The van der Waals surface area contributed by atoms with E-state index in [0.717, 1.165) is 12.8 Å². The number of rotatable bonds is 10. The van der Waals surface area contributed by atoms with E-state index in [1.165, 1.54) is 12.3 Å². The van der Waals surface area contributed by atoms with Crippen LogP contribution in [-0.4, -0.2) is 93.7 Å². The molecule has 0 unspecified atom stereocenters. The molecule has 10 heteroatoms. The summed E-state index contributed by atoms with van der Waals surface area (Å²) in [6.07, 6.45) is 3.88. The molecule has 0 spiro atoms. The van der Waals surface area contributed by atoms with Crippen LogP contribution < -0.4 is 0 Å². The Morgan fingerprint density at radius 1 is 0.932 bits per heavy atom. The molecule has 252 valence electrons. The number of allylic oxidation sites excluding steroid dienone is 2. The van der Waals surface area contributed by atoms with Crippen LogP contribution in [0.25, 0.3) is 0 Å². The zero-order valence-electron chi connectivity index (χ0n) is 29.5. The van der Waals surface area contributed by atoms with Gasteiger partial charge in [0.05, 0.1) is 39.4 Å². The van der Waals surface area contributed by atoms with Crippen molar-refractivity contribution >= 4 is 22.4 Å². The van der Waals surface area contributed by atoms with Crippen molar-refractivity contribution in [1.82, 2.24) is 0 Å². The maximum atomic E-state index is 13.0. The largest absolute Gasteiger partial charge is 0.469 e. The normalized spacial score (nSPS) is 41.1. The van der Waals surface area contributed by atoms with Crippen LogP contribution in [-0.2, 0) is 37.6 Å². The molecule has 0 N–H and O–H groups in total. The molecule has 0 aromatic heterocycles. The Morgan fingerprint density at radius 2 is 1.55 bits per heavy atom. The highest BCUT2D eigenvalue weighted by Crippen LogP contribution is 2.60. The number of methoxy groups -OCH3 is 4. The van der Waals surface area contributed by atoms with Crippen LogP contribution >= 0.6 is 0 Å². The summed E-state index contributed by atoms with van der Waals surface area (Å²) in [7, 11) is 2.51. The topological polar surface area (TPSA) is 81.7 Å². The Bertz CT molecular complexity index is 1060. The van der Waals surface area contributed by atoms with Gasteiger partial charge in [-0.2, -0.15) is 0 Å². The van der Waals surface area contributed by atoms with E-state index in [9.17, 15) is 4.79 Å². The van der Waals surface area contributed by atoms with Gasteiger partial charge in [0.2, 0.25) is 0 Å². The Kier molecular flexibility index (Phi) is 10.9. The summed E-state index contributed by atoms with van der Waals surface area (Å²) in [6, 6.07) is 0. The average Bonchev–Trinajstić information content (AvgIpc) is 3.48. The SMILES string of the molecule is C=C[C@@H]1[C@@H]2C=C([Si](C)(C)C)[C@H]3[C@@H](C[C@H](O[C@@H]4O[C@@H](C)[C@H](OC)[C@@H](OC)[C@H]4OC)[C@@H]3O[Si](C)(C)C(C)(C)C)[C@@H]2C[C@@H]1C(=O)OC. The number of carbonyl (C=O) groups excluding carboxylic acids is 1. The van der Waals surface area contributed by atoms with E-state index in [1.54, 1.807) is 21.3 Å². The number of fused-ring (bicyclic) bond motifs is 3. The van der Waals surface area contributed by atoms with Gasteiger partial charge in [-0.1, -0.05) is 57.8 Å². The summed E-state index contributed by atoms with van der Waals surface area (Å²) in [5, 5.41) is 1.57. The molecule has 3 fully saturated rings. The fourth-order valence-corrected chi connectivity index (χ4v) is 11.8. The maximum Gasteiger partial charge on any atom is 0.309 e. The van der Waals surface area contributed by atoms with Crippen molar-refractivity contribution < 1.29 is 37.6 Å². The van der Waals surface area contributed by atoms with E-state index in [0.29, 0.717) is 11.8 Å². The molecule has 8 nitrogen and oxygen atoms in total. The van der Waals surface area contributed by atoms with Crippen LogP contribution in [0.1, 0.15) is 40.5 Å². The first-order valence-corrected chi connectivity index (χ1v) is 22.9. The third-order valence-corrected chi connectivity index (χ3v) is 18.3. The van der Waals surface area contributed by atoms with Gasteiger partial charge in [0.15, 0.2) is 14.6 Å². The highest BCUT2D eigenvalue weighted by Gasteiger charge is 2.61. The first-order valence-electron chi connectivity index (χ1n) is 16.4. The van der Waals surface area contributed by atoms with Crippen LogP contribution in [0, 0.1) is 35.5 Å². The van der Waals surface area contributed by atoms with Crippen molar-refractivity contribution in [3.05, 3.63) is 23.9 Å². The highest BCUT2D eigenvalue weighted by atomic mass is 28.4. The second kappa shape index (κ2) is 13.3. The molecule has 1 saturated heterocycles. The Labute approximate surface area is 268 Å². The Morgan fingerprint density at radius 3 is 2.05 bits per heavy atom. The molecule has 44 heavy (non-hydrogen) atoms. The van der Waals surface area contributed by atoms with Crippen molar-refractivity contribution in [1.29, 1.82) is 0 Å². The summed E-state index contributed by atoms with van der Waals surface area (Å²) >= 11 is 0. The molecule has 4 rings (SSSR count). The van der Waals surface area contributed by atoms with Gasteiger partial charge in [-0.25, -0.2) is 0 Å². The average molecular weight is 653 g/mol. The van der Waals surface area contributed by atoms with Gasteiger partial charge in [0, 0.05) is 27.2 Å². The van der Waals surface area contributed by atoms with Crippen molar-refractivity contribution in [3.63, 3.8) is 0 Å². The molecule has 0 aromatic carbocycles. The first kappa shape index (κ1) is 36.0. The van der Waals surface area contributed by atoms with Gasteiger partial charge < -0.3 is 32.8 Å². The minimum absolute atomic E-state index is 0.0326. The standard InChI is InChI=1S/C34H60O8Si2/c1-15-20-22-18-26(43(10,11)12)27-23(21(22)16-24(20)32(35)39-9)17-25(29(27)42-44(13,14)34(3,4)5)41-33-31(38-8)30(37-7)28(36-6)19(2)40-33/h15,18-25,27-31,33H,1,16-17H2,2-14H3/t19-,20+,21+,22-,23-,24-,25-,27+,28-,29-,30+,31+,33-/m0/s1. The second-order valence-electron chi connectivity index (χ2n) is 16.0. The number of esters is 1. The number of carbonyl (C=O) groups is 1. The molecule has 0 amide bonds. The lowest BCUT2D eigenvalue weighted by molar-refractivity contribution is -0.318. The fraction of sp³-hybridized carbons (Fsp3) is 0.853. The lowest BCUT2D eigenvalue weighted by atomic mass is 9.71. The van der Waals surface area contributed by atoms with Crippen LogP contribution in [0.3, 0.4) is 0 Å². The predicted octanol–water partition coefficient (Wildman–Crippen LogP) is 6.23. The minimum atomic E-state index is -2.21. The lowest BCUT2D eigenvalue weighted by Crippen LogP contribution is -2.60. The summed E-state index contributed by atoms with van der Waals surface area (Å²) in [4.78, 5) is 13.0. The molecular formula is C34H60O8Si2. The Hall–Kier alpha value is -0.856. The molecule has 2 saturated carbocycles. The van der Waals surface area contributed by atoms with Crippen molar-refractivity contribution in [2.24, 2.45) is 35.5 Å². The second-order valence-corrected chi connectivity index (χ2v) is 25.9. The molecule has 3 aliphatic carbocycles. The summed E-state index contributed by atoms with van der Waals surface area (Å²) in [5.41, 5.74) is 0. The zero-order chi connectivity index (χ0) is 32.9. The molecule has 0 aromatic rings. The highest BCUT2D eigenvalue weighted by molar-refractivity contribution is 6.83. The molecule has 4 aliphatic rings. The summed E-state index contributed by atoms with van der Waals surface area (Å²) in [6.45, 7) is 25.0. The van der Waals surface area contributed by atoms with Crippen molar-refractivity contribution in [3.8, 4) is 0 Å². The van der Waals surface area contributed by atoms with E-state index < -0.39 is 28.8 Å². The number of hydrogen-bond acceptors (Lipinski definition) is 8. The monoisotopic (exact) mass is 652 g/mol. The van der Waals surface area contributed by atoms with Gasteiger partial charge in [-0.15, -0.1) is 6.58 Å². The van der Waals surface area contributed by atoms with Gasteiger partial charge in [-0.05, 0) is 61.6 Å². The van der Waals surface area contributed by atoms with Crippen molar-refractivity contribution in [2.75, 3.05) is 28.4 Å². The van der Waals surface area contributed by atoms with Crippen LogP contribution in [0.15, 0.2) is 23.9 Å². The molecule has 1 heterocycles. The fourth-order valence-electron chi connectivity index (χ4n) is 8.42. The van der Waals surface area contributed by atoms with Gasteiger partial charge in [0.1, 0.15) is 18.3 Å². The van der Waals surface area contributed by atoms with E-state index in [1.807, 2.05) is 13.0 Å². The van der Waals surface area contributed by atoms with Crippen LogP contribution in [0.2, 0.25) is 37.8 Å². The minimum Gasteiger partial charge on any atom is -0.469 e. The van der Waals surface area contributed by atoms with Crippen LogP contribution in [0.4, 0.5) is 0 Å². The quantitative estimate of drug-likeness (QED) is 0.156. The third-order valence-electron chi connectivity index (χ3n) is 11.6. The lowest BCUT2D eigenvalue weighted by Gasteiger charge is -2.47. The third kappa shape index (κ3) is 6.48. The summed E-state index contributed by atoms with van der Waals surface area (Å²) < 4.78 is 43.9. The number of ether oxygens (including phenoxy) is 6. The smallest absolute Gasteiger partial charge is 0.309 e.